The number of phenols is 1. The monoisotopic (exact) mass is 363 g/mol. The maximum absolute atomic E-state index is 9.69. The van der Waals surface area contributed by atoms with Crippen LogP contribution in [0.3, 0.4) is 0 Å². The van der Waals surface area contributed by atoms with Crippen molar-refractivity contribution >= 4 is 15.9 Å². The third kappa shape index (κ3) is 2.66. The van der Waals surface area contributed by atoms with Crippen molar-refractivity contribution in [3.63, 3.8) is 0 Å². The SMILES string of the molecule is COc1cc(OC)c(C2NCCc3cc(O)ccc32)cc1Br. The summed E-state index contributed by atoms with van der Waals surface area (Å²) in [6.45, 7) is 0.855. The second-order valence-corrected chi connectivity index (χ2v) is 6.10. The first-order valence-electron chi connectivity index (χ1n) is 7.10. The van der Waals surface area contributed by atoms with E-state index in [1.54, 1.807) is 20.3 Å². The fourth-order valence-electron chi connectivity index (χ4n) is 2.94. The van der Waals surface area contributed by atoms with E-state index in [0.29, 0.717) is 5.75 Å². The number of hydrogen-bond donors (Lipinski definition) is 2. The van der Waals surface area contributed by atoms with Gasteiger partial charge in [-0.2, -0.15) is 0 Å². The Hall–Kier alpha value is -1.72. The lowest BCUT2D eigenvalue weighted by Gasteiger charge is -2.29. The summed E-state index contributed by atoms with van der Waals surface area (Å²) < 4.78 is 11.8. The molecule has 22 heavy (non-hydrogen) atoms. The summed E-state index contributed by atoms with van der Waals surface area (Å²) in [5.41, 5.74) is 3.37. The Morgan fingerprint density at radius 3 is 2.59 bits per heavy atom. The zero-order chi connectivity index (χ0) is 15.7. The zero-order valence-electron chi connectivity index (χ0n) is 12.5. The van der Waals surface area contributed by atoms with Crippen molar-refractivity contribution in [1.82, 2.24) is 5.32 Å². The van der Waals surface area contributed by atoms with Crippen molar-refractivity contribution in [2.75, 3.05) is 20.8 Å². The van der Waals surface area contributed by atoms with E-state index in [0.717, 1.165) is 40.1 Å². The fraction of sp³-hybridized carbons (Fsp3) is 0.294. The van der Waals surface area contributed by atoms with Crippen LogP contribution in [0.1, 0.15) is 22.7 Å². The van der Waals surface area contributed by atoms with Crippen molar-refractivity contribution < 1.29 is 14.6 Å². The molecule has 2 N–H and O–H groups in total. The van der Waals surface area contributed by atoms with Crippen molar-refractivity contribution in [1.29, 1.82) is 0 Å². The molecule has 1 heterocycles. The molecule has 0 saturated carbocycles. The van der Waals surface area contributed by atoms with Gasteiger partial charge in [0.15, 0.2) is 0 Å². The maximum Gasteiger partial charge on any atom is 0.136 e. The molecular formula is C17H18BrNO3. The minimum Gasteiger partial charge on any atom is -0.508 e. The molecule has 0 bridgehead atoms. The minimum atomic E-state index is 0.0292. The normalized spacial score (nSPS) is 17.0. The number of halogens is 1. The van der Waals surface area contributed by atoms with E-state index < -0.39 is 0 Å². The highest BCUT2D eigenvalue weighted by molar-refractivity contribution is 9.10. The van der Waals surface area contributed by atoms with E-state index in [1.807, 2.05) is 24.3 Å². The molecule has 2 aromatic carbocycles. The smallest absolute Gasteiger partial charge is 0.136 e. The molecule has 1 aliphatic heterocycles. The fourth-order valence-corrected chi connectivity index (χ4v) is 3.46. The second-order valence-electron chi connectivity index (χ2n) is 5.25. The average molecular weight is 364 g/mol. The number of aromatic hydroxyl groups is 1. The van der Waals surface area contributed by atoms with E-state index in [1.165, 1.54) is 5.56 Å². The first kappa shape index (κ1) is 15.2. The summed E-state index contributed by atoms with van der Waals surface area (Å²) in [6, 6.07) is 9.48. The van der Waals surface area contributed by atoms with Gasteiger partial charge in [-0.3, -0.25) is 0 Å². The van der Waals surface area contributed by atoms with Crippen LogP contribution in [0.2, 0.25) is 0 Å². The average Bonchev–Trinajstić information content (AvgIpc) is 2.53. The van der Waals surface area contributed by atoms with Gasteiger partial charge in [-0.15, -0.1) is 0 Å². The van der Waals surface area contributed by atoms with Crippen molar-refractivity contribution in [3.05, 3.63) is 51.5 Å². The van der Waals surface area contributed by atoms with Crippen molar-refractivity contribution in [2.45, 2.75) is 12.5 Å². The number of nitrogens with one attached hydrogen (secondary N) is 1. The molecule has 1 unspecified atom stereocenters. The first-order valence-corrected chi connectivity index (χ1v) is 7.90. The summed E-state index contributed by atoms with van der Waals surface area (Å²) >= 11 is 3.54. The van der Waals surface area contributed by atoms with E-state index in [-0.39, 0.29) is 6.04 Å². The molecule has 0 aromatic heterocycles. The molecule has 1 atom stereocenters. The van der Waals surface area contributed by atoms with Crippen LogP contribution in [0, 0.1) is 0 Å². The molecule has 3 rings (SSSR count). The number of rotatable bonds is 3. The van der Waals surface area contributed by atoms with Crippen molar-refractivity contribution in [2.24, 2.45) is 0 Å². The lowest BCUT2D eigenvalue weighted by atomic mass is 9.89. The van der Waals surface area contributed by atoms with Gasteiger partial charge >= 0.3 is 0 Å². The summed E-state index contributed by atoms with van der Waals surface area (Å²) in [5.74, 6) is 1.82. The quantitative estimate of drug-likeness (QED) is 0.877. The predicted molar refractivity (Wildman–Crippen MR) is 88.9 cm³/mol. The van der Waals surface area contributed by atoms with Gasteiger partial charge in [0.25, 0.3) is 0 Å². The Morgan fingerprint density at radius 1 is 1.09 bits per heavy atom. The predicted octanol–water partition coefficient (Wildman–Crippen LogP) is 3.41. The molecule has 0 saturated heterocycles. The molecule has 0 radical (unpaired) electrons. The number of benzene rings is 2. The van der Waals surface area contributed by atoms with E-state index in [2.05, 4.69) is 21.2 Å². The van der Waals surface area contributed by atoms with Crippen molar-refractivity contribution in [3.8, 4) is 17.2 Å². The molecular weight excluding hydrogens is 346 g/mol. The Kier molecular flexibility index (Phi) is 4.27. The summed E-state index contributed by atoms with van der Waals surface area (Å²) in [4.78, 5) is 0. The highest BCUT2D eigenvalue weighted by atomic mass is 79.9. The largest absolute Gasteiger partial charge is 0.508 e. The Morgan fingerprint density at radius 2 is 1.86 bits per heavy atom. The maximum atomic E-state index is 9.69. The van der Waals surface area contributed by atoms with E-state index >= 15 is 0 Å². The van der Waals surface area contributed by atoms with Crippen LogP contribution in [-0.2, 0) is 6.42 Å². The van der Waals surface area contributed by atoms with Gasteiger partial charge in [0.05, 0.1) is 24.7 Å². The van der Waals surface area contributed by atoms with Crippen LogP contribution in [-0.4, -0.2) is 25.9 Å². The number of hydrogen-bond acceptors (Lipinski definition) is 4. The van der Waals surface area contributed by atoms with Crippen LogP contribution >= 0.6 is 15.9 Å². The number of ether oxygens (including phenoxy) is 2. The Labute approximate surface area is 138 Å². The van der Waals surface area contributed by atoms with Gasteiger partial charge in [0.1, 0.15) is 17.2 Å². The Bertz CT molecular complexity index is 703. The lowest BCUT2D eigenvalue weighted by molar-refractivity contribution is 0.385. The zero-order valence-corrected chi connectivity index (χ0v) is 14.1. The van der Waals surface area contributed by atoms with Crippen LogP contribution in [0.25, 0.3) is 0 Å². The van der Waals surface area contributed by atoms with Gasteiger partial charge in [0, 0.05) is 18.2 Å². The Balaban J connectivity index is 2.11. The van der Waals surface area contributed by atoms with Crippen LogP contribution in [0.4, 0.5) is 0 Å². The second kappa shape index (κ2) is 6.18. The topological polar surface area (TPSA) is 50.7 Å². The summed E-state index contributed by atoms with van der Waals surface area (Å²) in [5, 5.41) is 13.2. The van der Waals surface area contributed by atoms with Gasteiger partial charge < -0.3 is 19.9 Å². The molecule has 1 aliphatic rings. The molecule has 0 spiro atoms. The molecule has 0 amide bonds. The van der Waals surface area contributed by atoms with Crippen LogP contribution < -0.4 is 14.8 Å². The van der Waals surface area contributed by atoms with Gasteiger partial charge in [-0.05, 0) is 51.7 Å². The molecule has 0 fully saturated rings. The number of fused-ring (bicyclic) bond motifs is 1. The van der Waals surface area contributed by atoms with Gasteiger partial charge in [-0.25, -0.2) is 0 Å². The highest BCUT2D eigenvalue weighted by Gasteiger charge is 2.25. The third-order valence-corrected chi connectivity index (χ3v) is 4.62. The molecule has 0 aliphatic carbocycles. The molecule has 5 heteroatoms. The van der Waals surface area contributed by atoms with Crippen LogP contribution in [0.15, 0.2) is 34.8 Å². The van der Waals surface area contributed by atoms with Gasteiger partial charge in [-0.1, -0.05) is 6.07 Å². The lowest BCUT2D eigenvalue weighted by Crippen LogP contribution is -2.30. The third-order valence-electron chi connectivity index (χ3n) is 4.00. The standard InChI is InChI=1S/C17H18BrNO3/c1-21-15-9-16(22-2)14(18)8-13(15)17-12-4-3-11(20)7-10(12)5-6-19-17/h3-4,7-9,17,19-20H,5-6H2,1-2H3. The molecule has 116 valence electrons. The van der Waals surface area contributed by atoms with Gasteiger partial charge in [0.2, 0.25) is 0 Å². The van der Waals surface area contributed by atoms with Crippen LogP contribution in [0.5, 0.6) is 17.2 Å². The first-order chi connectivity index (χ1) is 10.6. The molecule has 2 aromatic rings. The molecule has 4 nitrogen and oxygen atoms in total. The van der Waals surface area contributed by atoms with E-state index in [9.17, 15) is 5.11 Å². The highest BCUT2D eigenvalue weighted by Crippen LogP contribution is 2.40. The number of methoxy groups -OCH3 is 2. The minimum absolute atomic E-state index is 0.0292. The van der Waals surface area contributed by atoms with E-state index in [4.69, 9.17) is 9.47 Å². The summed E-state index contributed by atoms with van der Waals surface area (Å²) in [6.07, 6.45) is 0.903. The number of phenolic OH excluding ortho intramolecular Hbond substituents is 1. The summed E-state index contributed by atoms with van der Waals surface area (Å²) in [7, 11) is 3.29.